The largest absolute Gasteiger partial charge is 0.480 e. The molecule has 6 nitrogen and oxygen atoms in total. The molecule has 1 aromatic heterocycles. The van der Waals surface area contributed by atoms with Gasteiger partial charge in [-0.25, -0.2) is 9.97 Å². The van der Waals surface area contributed by atoms with Crippen LogP contribution in [0.4, 0.5) is 5.82 Å². The van der Waals surface area contributed by atoms with E-state index in [4.69, 9.17) is 10.8 Å². The number of aryl methyl sites for hydroxylation is 1. The molecule has 2 unspecified atom stereocenters. The van der Waals surface area contributed by atoms with Crippen LogP contribution in [-0.2, 0) is 11.3 Å². The molecule has 0 amide bonds. The molecule has 0 aliphatic heterocycles. The normalized spacial score (nSPS) is 14.2. The number of hydrogen-bond acceptors (Lipinski definition) is 5. The highest BCUT2D eigenvalue weighted by atomic mass is 16.4. The van der Waals surface area contributed by atoms with Crippen LogP contribution in [0.5, 0.6) is 0 Å². The van der Waals surface area contributed by atoms with Crippen LogP contribution in [0.1, 0.15) is 31.7 Å². The van der Waals surface area contributed by atoms with Crippen molar-refractivity contribution in [2.45, 2.75) is 39.8 Å². The summed E-state index contributed by atoms with van der Waals surface area (Å²) >= 11 is 0. The molecule has 1 rings (SSSR count). The highest BCUT2D eigenvalue weighted by molar-refractivity contribution is 5.73. The van der Waals surface area contributed by atoms with Crippen molar-refractivity contribution in [1.82, 2.24) is 15.3 Å². The fourth-order valence-corrected chi connectivity index (χ4v) is 1.64. The van der Waals surface area contributed by atoms with Gasteiger partial charge in [-0.15, -0.1) is 0 Å². The van der Waals surface area contributed by atoms with E-state index in [0.29, 0.717) is 18.2 Å². The van der Waals surface area contributed by atoms with E-state index >= 15 is 0 Å². The Hall–Kier alpha value is -1.69. The quantitative estimate of drug-likeness (QED) is 0.697. The van der Waals surface area contributed by atoms with Crippen LogP contribution in [0.25, 0.3) is 0 Å². The van der Waals surface area contributed by atoms with Crippen LogP contribution in [-0.4, -0.2) is 27.1 Å². The number of rotatable bonds is 6. The van der Waals surface area contributed by atoms with Crippen molar-refractivity contribution < 1.29 is 9.90 Å². The van der Waals surface area contributed by atoms with Crippen LogP contribution in [0.15, 0.2) is 6.20 Å². The Morgan fingerprint density at radius 2 is 2.28 bits per heavy atom. The van der Waals surface area contributed by atoms with E-state index in [2.05, 4.69) is 15.3 Å². The molecular weight excluding hydrogens is 232 g/mol. The number of carbonyl (C=O) groups is 1. The van der Waals surface area contributed by atoms with Crippen molar-refractivity contribution in [3.63, 3.8) is 0 Å². The summed E-state index contributed by atoms with van der Waals surface area (Å²) in [4.78, 5) is 19.2. The van der Waals surface area contributed by atoms with Gasteiger partial charge in [0.2, 0.25) is 0 Å². The first-order valence-corrected chi connectivity index (χ1v) is 5.99. The maximum absolute atomic E-state index is 11.1. The van der Waals surface area contributed by atoms with Crippen molar-refractivity contribution in [2.24, 2.45) is 5.92 Å². The van der Waals surface area contributed by atoms with E-state index in [0.717, 1.165) is 12.0 Å². The van der Waals surface area contributed by atoms with Gasteiger partial charge in [-0.05, 0) is 12.8 Å². The van der Waals surface area contributed by atoms with Gasteiger partial charge in [0.15, 0.2) is 0 Å². The van der Waals surface area contributed by atoms with Crippen LogP contribution >= 0.6 is 0 Å². The summed E-state index contributed by atoms with van der Waals surface area (Å²) in [5.74, 6) is 0.197. The van der Waals surface area contributed by atoms with Gasteiger partial charge in [0.25, 0.3) is 0 Å². The minimum Gasteiger partial charge on any atom is -0.480 e. The van der Waals surface area contributed by atoms with E-state index in [1.54, 1.807) is 13.1 Å². The van der Waals surface area contributed by atoms with Crippen molar-refractivity contribution in [1.29, 1.82) is 0 Å². The van der Waals surface area contributed by atoms with Crippen molar-refractivity contribution >= 4 is 11.8 Å². The van der Waals surface area contributed by atoms with Gasteiger partial charge in [-0.2, -0.15) is 0 Å². The van der Waals surface area contributed by atoms with E-state index in [1.165, 1.54) is 0 Å². The summed E-state index contributed by atoms with van der Waals surface area (Å²) < 4.78 is 0. The van der Waals surface area contributed by atoms with Crippen molar-refractivity contribution in [3.8, 4) is 0 Å². The van der Waals surface area contributed by atoms with Crippen LogP contribution in [0.3, 0.4) is 0 Å². The summed E-state index contributed by atoms with van der Waals surface area (Å²) in [5, 5.41) is 12.1. The third kappa shape index (κ3) is 3.66. The standard InChI is InChI=1S/C12H20N4O2/c1-4-7(2)10(12(17)18)15-6-9-5-14-8(3)16-11(9)13/h5,7,10,15H,4,6H2,1-3H3,(H,17,18)(H2,13,14,16). The Labute approximate surface area is 107 Å². The van der Waals surface area contributed by atoms with E-state index in [1.807, 2.05) is 13.8 Å². The van der Waals surface area contributed by atoms with Gasteiger partial charge in [0, 0.05) is 18.3 Å². The fourth-order valence-electron chi connectivity index (χ4n) is 1.64. The van der Waals surface area contributed by atoms with Gasteiger partial charge in [0.1, 0.15) is 17.7 Å². The summed E-state index contributed by atoms with van der Waals surface area (Å²) in [6.45, 7) is 5.98. The minimum atomic E-state index is -0.851. The third-order valence-electron chi connectivity index (χ3n) is 3.01. The maximum atomic E-state index is 11.1. The number of nitrogens with zero attached hydrogens (tertiary/aromatic N) is 2. The third-order valence-corrected chi connectivity index (χ3v) is 3.01. The first-order chi connectivity index (χ1) is 8.45. The molecule has 6 heteroatoms. The summed E-state index contributed by atoms with van der Waals surface area (Å²) in [5.41, 5.74) is 6.47. The molecule has 0 radical (unpaired) electrons. The number of nitrogens with one attached hydrogen (secondary N) is 1. The number of aliphatic carboxylic acids is 1. The zero-order valence-corrected chi connectivity index (χ0v) is 11.0. The molecule has 0 saturated heterocycles. The van der Waals surface area contributed by atoms with Crippen LogP contribution < -0.4 is 11.1 Å². The molecule has 1 heterocycles. The first kappa shape index (κ1) is 14.4. The number of nitrogen functional groups attached to an aromatic ring is 1. The number of anilines is 1. The monoisotopic (exact) mass is 252 g/mol. The fraction of sp³-hybridized carbons (Fsp3) is 0.583. The molecule has 0 spiro atoms. The number of hydrogen-bond donors (Lipinski definition) is 3. The lowest BCUT2D eigenvalue weighted by atomic mass is 9.99. The second kappa shape index (κ2) is 6.30. The number of carboxylic acids is 1. The van der Waals surface area contributed by atoms with Crippen molar-refractivity contribution in [3.05, 3.63) is 17.6 Å². The Kier molecular flexibility index (Phi) is 5.03. The van der Waals surface area contributed by atoms with Gasteiger partial charge < -0.3 is 10.8 Å². The molecule has 0 bridgehead atoms. The van der Waals surface area contributed by atoms with Gasteiger partial charge in [-0.1, -0.05) is 20.3 Å². The molecule has 0 fully saturated rings. The molecule has 18 heavy (non-hydrogen) atoms. The minimum absolute atomic E-state index is 0.0510. The van der Waals surface area contributed by atoms with Gasteiger partial charge >= 0.3 is 5.97 Å². The topological polar surface area (TPSA) is 101 Å². The smallest absolute Gasteiger partial charge is 0.320 e. The highest BCUT2D eigenvalue weighted by Gasteiger charge is 2.22. The van der Waals surface area contributed by atoms with E-state index in [9.17, 15) is 4.79 Å². The van der Waals surface area contributed by atoms with Gasteiger partial charge in [-0.3, -0.25) is 10.1 Å². The van der Waals surface area contributed by atoms with Gasteiger partial charge in [0.05, 0.1) is 0 Å². The summed E-state index contributed by atoms with van der Waals surface area (Å²) in [6.07, 6.45) is 2.42. The Morgan fingerprint density at radius 3 is 2.78 bits per heavy atom. The number of aromatic nitrogens is 2. The van der Waals surface area contributed by atoms with Crippen molar-refractivity contribution in [2.75, 3.05) is 5.73 Å². The molecular formula is C12H20N4O2. The molecule has 0 aliphatic carbocycles. The summed E-state index contributed by atoms with van der Waals surface area (Å²) in [7, 11) is 0. The molecule has 100 valence electrons. The Morgan fingerprint density at radius 1 is 1.61 bits per heavy atom. The zero-order chi connectivity index (χ0) is 13.7. The molecule has 0 saturated carbocycles. The van der Waals surface area contributed by atoms with Crippen LogP contribution in [0.2, 0.25) is 0 Å². The van der Waals surface area contributed by atoms with E-state index in [-0.39, 0.29) is 5.92 Å². The lowest BCUT2D eigenvalue weighted by molar-refractivity contribution is -0.140. The Bertz CT molecular complexity index is 423. The number of carboxylic acid groups (broad SMARTS) is 1. The Balaban J connectivity index is 2.70. The predicted octanol–water partition coefficient (Wildman–Crippen LogP) is 0.956. The molecule has 4 N–H and O–H groups in total. The lowest BCUT2D eigenvalue weighted by Gasteiger charge is -2.20. The molecule has 2 atom stereocenters. The second-order valence-electron chi connectivity index (χ2n) is 4.41. The average molecular weight is 252 g/mol. The SMILES string of the molecule is CCC(C)C(NCc1cnc(C)nc1N)C(=O)O. The summed E-state index contributed by atoms with van der Waals surface area (Å²) in [6, 6.07) is -0.587. The molecule has 0 aliphatic rings. The maximum Gasteiger partial charge on any atom is 0.320 e. The average Bonchev–Trinajstić information content (AvgIpc) is 2.31. The van der Waals surface area contributed by atoms with E-state index < -0.39 is 12.0 Å². The predicted molar refractivity (Wildman–Crippen MR) is 68.9 cm³/mol. The van der Waals surface area contributed by atoms with Crippen LogP contribution in [0, 0.1) is 12.8 Å². The first-order valence-electron chi connectivity index (χ1n) is 5.99. The number of nitrogens with two attached hydrogens (primary N) is 1. The zero-order valence-electron chi connectivity index (χ0n) is 11.0. The second-order valence-corrected chi connectivity index (χ2v) is 4.41. The molecule has 1 aromatic rings. The highest BCUT2D eigenvalue weighted by Crippen LogP contribution is 2.11. The molecule has 0 aromatic carbocycles. The lowest BCUT2D eigenvalue weighted by Crippen LogP contribution is -2.41.